The van der Waals surface area contributed by atoms with Gasteiger partial charge in [0.1, 0.15) is 6.10 Å². The summed E-state index contributed by atoms with van der Waals surface area (Å²) in [6, 6.07) is 0. The largest absolute Gasteiger partial charge is 0.373 e. The van der Waals surface area contributed by atoms with Gasteiger partial charge in [-0.25, -0.2) is 0 Å². The van der Waals surface area contributed by atoms with Crippen LogP contribution in [0.5, 0.6) is 0 Å². The third kappa shape index (κ3) is 5.20. The molecule has 3 atom stereocenters. The number of ketones is 1. The molecule has 0 aromatic heterocycles. The fourth-order valence-corrected chi connectivity index (χ4v) is 3.74. The van der Waals surface area contributed by atoms with Gasteiger partial charge in [-0.1, -0.05) is 59.8 Å². The molecule has 0 N–H and O–H groups in total. The van der Waals surface area contributed by atoms with Gasteiger partial charge in [0.05, 0.1) is 0 Å². The Morgan fingerprint density at radius 1 is 1.10 bits per heavy atom. The van der Waals surface area contributed by atoms with E-state index in [1.54, 1.807) is 7.11 Å². The molecule has 2 nitrogen and oxygen atoms in total. The maximum absolute atomic E-state index is 12.4. The molecule has 1 rings (SSSR count). The Morgan fingerprint density at radius 2 is 1.70 bits per heavy atom. The molecule has 1 aliphatic rings. The average Bonchev–Trinajstić information content (AvgIpc) is 2.71. The predicted molar refractivity (Wildman–Crippen MR) is 84.8 cm³/mol. The number of ether oxygens (including phenoxy) is 1. The maximum atomic E-state index is 12.4. The highest BCUT2D eigenvalue weighted by Gasteiger charge is 2.39. The van der Waals surface area contributed by atoms with E-state index in [4.69, 9.17) is 4.74 Å². The highest BCUT2D eigenvalue weighted by atomic mass is 16.5. The van der Waals surface area contributed by atoms with Crippen molar-refractivity contribution in [3.8, 4) is 0 Å². The van der Waals surface area contributed by atoms with Crippen molar-refractivity contribution in [1.29, 1.82) is 0 Å². The number of hydrogen-bond donors (Lipinski definition) is 0. The second-order valence-corrected chi connectivity index (χ2v) is 7.23. The molecule has 0 amide bonds. The molecule has 0 saturated heterocycles. The molecule has 0 spiro atoms. The summed E-state index contributed by atoms with van der Waals surface area (Å²) >= 11 is 0. The van der Waals surface area contributed by atoms with Gasteiger partial charge in [0.2, 0.25) is 0 Å². The fraction of sp³-hybridized carbons (Fsp3) is 0.944. The molecule has 0 bridgehead atoms. The van der Waals surface area contributed by atoms with Crippen LogP contribution in [-0.4, -0.2) is 19.0 Å². The molecule has 118 valence electrons. The van der Waals surface area contributed by atoms with Crippen LogP contribution in [-0.2, 0) is 9.53 Å². The van der Waals surface area contributed by atoms with E-state index in [1.165, 1.54) is 32.1 Å². The van der Waals surface area contributed by atoms with Crippen molar-refractivity contribution in [1.82, 2.24) is 0 Å². The van der Waals surface area contributed by atoms with Crippen LogP contribution in [0.25, 0.3) is 0 Å². The number of Topliss-reactive ketones (excluding diaryl/α,β-unsaturated/α-hetero) is 1. The van der Waals surface area contributed by atoms with Crippen molar-refractivity contribution in [2.24, 2.45) is 23.7 Å². The van der Waals surface area contributed by atoms with Crippen LogP contribution < -0.4 is 0 Å². The summed E-state index contributed by atoms with van der Waals surface area (Å²) in [5.41, 5.74) is 0. The zero-order chi connectivity index (χ0) is 15.1. The first kappa shape index (κ1) is 17.7. The summed E-state index contributed by atoms with van der Waals surface area (Å²) in [7, 11) is 1.71. The van der Waals surface area contributed by atoms with Crippen LogP contribution in [0.1, 0.15) is 72.6 Å². The van der Waals surface area contributed by atoms with E-state index in [0.717, 1.165) is 12.3 Å². The van der Waals surface area contributed by atoms with Crippen molar-refractivity contribution in [2.45, 2.75) is 78.7 Å². The molecule has 0 aromatic carbocycles. The van der Waals surface area contributed by atoms with E-state index in [2.05, 4.69) is 27.7 Å². The summed E-state index contributed by atoms with van der Waals surface area (Å²) in [6.07, 6.45) is 7.76. The van der Waals surface area contributed by atoms with E-state index in [9.17, 15) is 4.79 Å². The van der Waals surface area contributed by atoms with Crippen molar-refractivity contribution in [2.75, 3.05) is 7.11 Å². The molecule has 0 aromatic rings. The minimum atomic E-state index is -0.160. The minimum absolute atomic E-state index is 0.160. The molecule has 1 fully saturated rings. The number of hydrogen-bond acceptors (Lipinski definition) is 2. The van der Waals surface area contributed by atoms with Crippen LogP contribution >= 0.6 is 0 Å². The first-order chi connectivity index (χ1) is 9.47. The standard InChI is InChI=1S/C18H34O2/c1-13(2)9-7-6-8-10-16(19)18(20-5)17-14(3)11-12-15(17)4/h13-15,17-18H,6-12H2,1-5H3. The van der Waals surface area contributed by atoms with Gasteiger partial charge in [-0.2, -0.15) is 0 Å². The summed E-state index contributed by atoms with van der Waals surface area (Å²) < 4.78 is 5.58. The monoisotopic (exact) mass is 282 g/mol. The number of carbonyl (C=O) groups is 1. The molecule has 1 saturated carbocycles. The van der Waals surface area contributed by atoms with Crippen molar-refractivity contribution in [3.05, 3.63) is 0 Å². The lowest BCUT2D eigenvalue weighted by atomic mass is 9.83. The van der Waals surface area contributed by atoms with E-state index in [0.29, 0.717) is 30.0 Å². The highest BCUT2D eigenvalue weighted by molar-refractivity contribution is 5.83. The molecule has 1 aliphatic carbocycles. The van der Waals surface area contributed by atoms with Gasteiger partial charge in [-0.05, 0) is 30.1 Å². The number of rotatable bonds is 9. The van der Waals surface area contributed by atoms with E-state index in [1.807, 2.05) is 0 Å². The summed E-state index contributed by atoms with van der Waals surface area (Å²) in [6.45, 7) is 9.07. The lowest BCUT2D eigenvalue weighted by Crippen LogP contribution is -2.36. The van der Waals surface area contributed by atoms with Gasteiger partial charge in [0, 0.05) is 13.5 Å². The number of unbranched alkanes of at least 4 members (excludes halogenated alkanes) is 2. The second-order valence-electron chi connectivity index (χ2n) is 7.23. The van der Waals surface area contributed by atoms with Gasteiger partial charge < -0.3 is 4.74 Å². The lowest BCUT2D eigenvalue weighted by Gasteiger charge is -2.28. The lowest BCUT2D eigenvalue weighted by molar-refractivity contribution is -0.134. The predicted octanol–water partition coefficient (Wildman–Crippen LogP) is 4.86. The molecule has 0 heterocycles. The Labute approximate surface area is 125 Å². The van der Waals surface area contributed by atoms with Gasteiger partial charge in [0.25, 0.3) is 0 Å². The molecular formula is C18H34O2. The normalized spacial score (nSPS) is 28.0. The Bertz CT molecular complexity index is 275. The second kappa shape index (κ2) is 8.81. The van der Waals surface area contributed by atoms with Gasteiger partial charge in [-0.3, -0.25) is 4.79 Å². The highest BCUT2D eigenvalue weighted by Crippen LogP contribution is 2.40. The smallest absolute Gasteiger partial charge is 0.161 e. The van der Waals surface area contributed by atoms with Crippen molar-refractivity contribution < 1.29 is 9.53 Å². The minimum Gasteiger partial charge on any atom is -0.373 e. The molecular weight excluding hydrogens is 248 g/mol. The average molecular weight is 282 g/mol. The number of carbonyl (C=O) groups excluding carboxylic acids is 1. The molecule has 2 heteroatoms. The SMILES string of the molecule is COC(C(=O)CCCCCC(C)C)C1C(C)CCC1C. The zero-order valence-electron chi connectivity index (χ0n) is 14.2. The Hall–Kier alpha value is -0.370. The molecule has 20 heavy (non-hydrogen) atoms. The van der Waals surface area contributed by atoms with Crippen LogP contribution in [0, 0.1) is 23.7 Å². The maximum Gasteiger partial charge on any atom is 0.161 e. The van der Waals surface area contributed by atoms with Gasteiger partial charge >= 0.3 is 0 Å². The van der Waals surface area contributed by atoms with Crippen molar-refractivity contribution in [3.63, 3.8) is 0 Å². The molecule has 0 aliphatic heterocycles. The zero-order valence-corrected chi connectivity index (χ0v) is 14.2. The van der Waals surface area contributed by atoms with Crippen LogP contribution in [0.4, 0.5) is 0 Å². The van der Waals surface area contributed by atoms with Gasteiger partial charge in [-0.15, -0.1) is 0 Å². The first-order valence-electron chi connectivity index (χ1n) is 8.52. The summed E-state index contributed by atoms with van der Waals surface area (Å²) in [5.74, 6) is 2.79. The fourth-order valence-electron chi connectivity index (χ4n) is 3.74. The molecule has 0 radical (unpaired) electrons. The summed E-state index contributed by atoms with van der Waals surface area (Å²) in [5, 5.41) is 0. The van der Waals surface area contributed by atoms with Crippen LogP contribution in [0.3, 0.4) is 0 Å². The number of methoxy groups -OCH3 is 1. The van der Waals surface area contributed by atoms with E-state index < -0.39 is 0 Å². The Kier molecular flexibility index (Phi) is 7.79. The Balaban J connectivity index is 2.35. The van der Waals surface area contributed by atoms with Crippen molar-refractivity contribution >= 4 is 5.78 Å². The summed E-state index contributed by atoms with van der Waals surface area (Å²) in [4.78, 5) is 12.4. The van der Waals surface area contributed by atoms with Crippen LogP contribution in [0.15, 0.2) is 0 Å². The third-order valence-electron chi connectivity index (χ3n) is 5.02. The van der Waals surface area contributed by atoms with E-state index >= 15 is 0 Å². The topological polar surface area (TPSA) is 26.3 Å². The Morgan fingerprint density at radius 3 is 2.20 bits per heavy atom. The van der Waals surface area contributed by atoms with Crippen LogP contribution in [0.2, 0.25) is 0 Å². The first-order valence-corrected chi connectivity index (χ1v) is 8.52. The van der Waals surface area contributed by atoms with E-state index in [-0.39, 0.29) is 6.10 Å². The third-order valence-corrected chi connectivity index (χ3v) is 5.02. The van der Waals surface area contributed by atoms with Gasteiger partial charge in [0.15, 0.2) is 5.78 Å². The quantitative estimate of drug-likeness (QED) is 0.565. The molecule has 3 unspecified atom stereocenters.